The highest BCUT2D eigenvalue weighted by Gasteiger charge is 2.32. The summed E-state index contributed by atoms with van der Waals surface area (Å²) in [4.78, 5) is 17.6. The highest BCUT2D eigenvalue weighted by atomic mass is 79.9. The summed E-state index contributed by atoms with van der Waals surface area (Å²) in [5.74, 6) is 0.420. The molecular formula is C9H12BrN3O3. The first-order chi connectivity index (χ1) is 7.61. The molecule has 16 heavy (non-hydrogen) atoms. The number of hydrogen-bond acceptors (Lipinski definition) is 5. The summed E-state index contributed by atoms with van der Waals surface area (Å²) in [5.41, 5.74) is -1.13. The van der Waals surface area contributed by atoms with E-state index in [0.717, 1.165) is 0 Å². The minimum atomic E-state index is -0.871. The number of aliphatic hydroxyl groups is 1. The third-order valence-electron chi connectivity index (χ3n) is 2.46. The monoisotopic (exact) mass is 289 g/mol. The number of aromatic amines is 1. The van der Waals surface area contributed by atoms with Gasteiger partial charge in [-0.1, -0.05) is 0 Å². The number of nitrogens with one attached hydrogen (secondary N) is 2. The van der Waals surface area contributed by atoms with Crippen LogP contribution in [0, 0.1) is 0 Å². The molecule has 0 bridgehead atoms. The van der Waals surface area contributed by atoms with Crippen LogP contribution in [-0.2, 0) is 4.74 Å². The van der Waals surface area contributed by atoms with E-state index in [4.69, 9.17) is 4.74 Å². The molecule has 1 saturated heterocycles. The predicted octanol–water partition coefficient (Wildman–Crippen LogP) is 0.0957. The standard InChI is InChI=1S/C9H12BrN3O3/c10-6-7(12-5-13-8(6)14)11-3-9(15)1-2-16-4-9/h5,15H,1-4H2,(H2,11,12,13,14). The maximum Gasteiger partial charge on any atom is 0.267 e. The molecule has 2 rings (SSSR count). The fourth-order valence-electron chi connectivity index (χ4n) is 1.49. The first-order valence-electron chi connectivity index (χ1n) is 4.88. The predicted molar refractivity (Wildman–Crippen MR) is 61.4 cm³/mol. The smallest absolute Gasteiger partial charge is 0.267 e. The van der Waals surface area contributed by atoms with Crippen molar-refractivity contribution >= 4 is 21.7 Å². The van der Waals surface area contributed by atoms with Gasteiger partial charge in [0.25, 0.3) is 5.56 Å². The zero-order valence-electron chi connectivity index (χ0n) is 8.49. The molecule has 1 aliphatic heterocycles. The number of aromatic nitrogens is 2. The highest BCUT2D eigenvalue weighted by molar-refractivity contribution is 9.10. The maximum absolute atomic E-state index is 11.2. The van der Waals surface area contributed by atoms with E-state index in [-0.39, 0.29) is 5.56 Å². The first kappa shape index (κ1) is 11.6. The lowest BCUT2D eigenvalue weighted by atomic mass is 10.0. The third kappa shape index (κ3) is 2.42. The lowest BCUT2D eigenvalue weighted by molar-refractivity contribution is 0.0381. The van der Waals surface area contributed by atoms with Crippen LogP contribution < -0.4 is 10.9 Å². The van der Waals surface area contributed by atoms with Gasteiger partial charge in [-0.25, -0.2) is 4.98 Å². The second-order valence-electron chi connectivity index (χ2n) is 3.77. The van der Waals surface area contributed by atoms with Gasteiger partial charge in [-0.15, -0.1) is 0 Å². The zero-order valence-corrected chi connectivity index (χ0v) is 10.1. The third-order valence-corrected chi connectivity index (χ3v) is 3.20. The Hall–Kier alpha value is -0.920. The second kappa shape index (κ2) is 4.52. The summed E-state index contributed by atoms with van der Waals surface area (Å²) < 4.78 is 5.44. The number of rotatable bonds is 3. The highest BCUT2D eigenvalue weighted by Crippen LogP contribution is 2.20. The Morgan fingerprint density at radius 1 is 1.75 bits per heavy atom. The maximum atomic E-state index is 11.2. The molecule has 3 N–H and O–H groups in total. The number of halogens is 1. The number of nitrogens with zero attached hydrogens (tertiary/aromatic N) is 1. The molecule has 1 aromatic rings. The summed E-state index contributed by atoms with van der Waals surface area (Å²) in [5, 5.41) is 12.9. The molecule has 0 aliphatic carbocycles. The van der Waals surface area contributed by atoms with Crippen LogP contribution in [0.2, 0.25) is 0 Å². The van der Waals surface area contributed by atoms with E-state index in [9.17, 15) is 9.90 Å². The van der Waals surface area contributed by atoms with E-state index in [1.807, 2.05) is 0 Å². The average molecular weight is 290 g/mol. The van der Waals surface area contributed by atoms with Gasteiger partial charge < -0.3 is 20.1 Å². The van der Waals surface area contributed by atoms with E-state index in [0.29, 0.717) is 36.5 Å². The van der Waals surface area contributed by atoms with Gasteiger partial charge in [-0.3, -0.25) is 4.79 Å². The van der Waals surface area contributed by atoms with Gasteiger partial charge in [0.1, 0.15) is 15.9 Å². The van der Waals surface area contributed by atoms with Crippen molar-refractivity contribution in [3.8, 4) is 0 Å². The molecular weight excluding hydrogens is 278 g/mol. The van der Waals surface area contributed by atoms with Crippen LogP contribution >= 0.6 is 15.9 Å². The largest absolute Gasteiger partial charge is 0.386 e. The molecule has 6 nitrogen and oxygen atoms in total. The Bertz CT molecular complexity index is 428. The van der Waals surface area contributed by atoms with Gasteiger partial charge in [-0.05, 0) is 15.9 Å². The average Bonchev–Trinajstić information content (AvgIpc) is 2.68. The minimum Gasteiger partial charge on any atom is -0.386 e. The van der Waals surface area contributed by atoms with E-state index in [2.05, 4.69) is 31.2 Å². The summed E-state index contributed by atoms with van der Waals surface area (Å²) >= 11 is 3.13. The van der Waals surface area contributed by atoms with Gasteiger partial charge in [0.2, 0.25) is 0 Å². The summed E-state index contributed by atoms with van der Waals surface area (Å²) in [6.45, 7) is 1.17. The number of ether oxygens (including phenoxy) is 1. The van der Waals surface area contributed by atoms with Gasteiger partial charge in [0.05, 0.1) is 12.9 Å². The normalized spacial score (nSPS) is 24.6. The van der Waals surface area contributed by atoms with Crippen LogP contribution in [0.25, 0.3) is 0 Å². The van der Waals surface area contributed by atoms with Crippen LogP contribution in [0.5, 0.6) is 0 Å². The molecule has 1 atom stereocenters. The molecule has 1 aromatic heterocycles. The van der Waals surface area contributed by atoms with Crippen molar-refractivity contribution in [1.82, 2.24) is 9.97 Å². The molecule has 1 fully saturated rings. The summed E-state index contributed by atoms with van der Waals surface area (Å²) in [6, 6.07) is 0. The van der Waals surface area contributed by atoms with Crippen LogP contribution in [0.1, 0.15) is 6.42 Å². The molecule has 0 radical (unpaired) electrons. The van der Waals surface area contributed by atoms with Gasteiger partial charge in [-0.2, -0.15) is 0 Å². The van der Waals surface area contributed by atoms with Crippen molar-refractivity contribution < 1.29 is 9.84 Å². The fourth-order valence-corrected chi connectivity index (χ4v) is 1.85. The Morgan fingerprint density at radius 2 is 2.56 bits per heavy atom. The van der Waals surface area contributed by atoms with Crippen molar-refractivity contribution in [2.75, 3.05) is 25.1 Å². The lowest BCUT2D eigenvalue weighted by Crippen LogP contribution is -2.37. The lowest BCUT2D eigenvalue weighted by Gasteiger charge is -2.21. The molecule has 1 unspecified atom stereocenters. The quantitative estimate of drug-likeness (QED) is 0.734. The zero-order chi connectivity index (χ0) is 11.6. The van der Waals surface area contributed by atoms with E-state index < -0.39 is 5.60 Å². The van der Waals surface area contributed by atoms with Crippen LogP contribution in [0.3, 0.4) is 0 Å². The van der Waals surface area contributed by atoms with Gasteiger partial charge in [0, 0.05) is 19.6 Å². The van der Waals surface area contributed by atoms with Crippen molar-refractivity contribution in [2.24, 2.45) is 0 Å². The van der Waals surface area contributed by atoms with Gasteiger partial charge >= 0.3 is 0 Å². The number of anilines is 1. The fraction of sp³-hybridized carbons (Fsp3) is 0.556. The molecule has 0 saturated carbocycles. The Kier molecular flexibility index (Phi) is 3.27. The van der Waals surface area contributed by atoms with Crippen LogP contribution in [0.4, 0.5) is 5.82 Å². The second-order valence-corrected chi connectivity index (χ2v) is 4.57. The van der Waals surface area contributed by atoms with Crippen molar-refractivity contribution in [3.63, 3.8) is 0 Å². The summed E-state index contributed by atoms with van der Waals surface area (Å²) in [6.07, 6.45) is 1.89. The Morgan fingerprint density at radius 3 is 3.25 bits per heavy atom. The van der Waals surface area contributed by atoms with Crippen molar-refractivity contribution in [2.45, 2.75) is 12.0 Å². The molecule has 0 aromatic carbocycles. The summed E-state index contributed by atoms with van der Waals surface area (Å²) in [7, 11) is 0. The Balaban J connectivity index is 2.04. The number of H-pyrrole nitrogens is 1. The molecule has 0 spiro atoms. The molecule has 88 valence electrons. The minimum absolute atomic E-state index is 0.257. The molecule has 7 heteroatoms. The van der Waals surface area contributed by atoms with Crippen molar-refractivity contribution in [1.29, 1.82) is 0 Å². The number of hydrogen-bond donors (Lipinski definition) is 3. The van der Waals surface area contributed by atoms with Crippen molar-refractivity contribution in [3.05, 3.63) is 21.2 Å². The first-order valence-corrected chi connectivity index (χ1v) is 5.67. The van der Waals surface area contributed by atoms with E-state index in [1.54, 1.807) is 0 Å². The van der Waals surface area contributed by atoms with E-state index in [1.165, 1.54) is 6.33 Å². The molecule has 0 amide bonds. The topological polar surface area (TPSA) is 87.2 Å². The Labute approximate surface area is 100 Å². The van der Waals surface area contributed by atoms with Crippen LogP contribution in [0.15, 0.2) is 15.6 Å². The molecule has 2 heterocycles. The van der Waals surface area contributed by atoms with Gasteiger partial charge in [0.15, 0.2) is 0 Å². The van der Waals surface area contributed by atoms with E-state index >= 15 is 0 Å². The van der Waals surface area contributed by atoms with Crippen LogP contribution in [-0.4, -0.2) is 40.4 Å². The molecule has 1 aliphatic rings. The SMILES string of the molecule is O=c1[nH]cnc(NCC2(O)CCOC2)c1Br.